The fraction of sp³-hybridized carbons (Fsp3) is 0.200. The molecule has 0 radical (unpaired) electrons. The molecule has 0 atom stereocenters. The molecule has 112 valence electrons. The first kappa shape index (κ1) is 14.4. The lowest BCUT2D eigenvalue weighted by Crippen LogP contribution is -2.32. The van der Waals surface area contributed by atoms with Crippen LogP contribution in [0.4, 0.5) is 0 Å². The lowest BCUT2D eigenvalue weighted by Gasteiger charge is -2.07. The van der Waals surface area contributed by atoms with Crippen molar-refractivity contribution in [3.05, 3.63) is 45.7 Å². The Morgan fingerprint density at radius 3 is 2.73 bits per heavy atom. The van der Waals surface area contributed by atoms with Crippen LogP contribution < -0.4 is 10.9 Å². The quantitative estimate of drug-likeness (QED) is 0.796. The summed E-state index contributed by atoms with van der Waals surface area (Å²) in [5.41, 5.74) is 1.58. The molecule has 1 N–H and O–H groups in total. The van der Waals surface area contributed by atoms with E-state index in [9.17, 15) is 9.59 Å². The zero-order valence-corrected chi connectivity index (χ0v) is 13.0. The van der Waals surface area contributed by atoms with Crippen LogP contribution in [-0.4, -0.2) is 27.7 Å². The third-order valence-electron chi connectivity index (χ3n) is 3.23. The average molecular weight is 314 g/mol. The van der Waals surface area contributed by atoms with Crippen molar-refractivity contribution in [2.24, 2.45) is 0 Å². The first-order valence-corrected chi connectivity index (χ1v) is 7.56. The summed E-state index contributed by atoms with van der Waals surface area (Å²) in [6, 6.07) is 9.58. The Morgan fingerprint density at radius 2 is 2.05 bits per heavy atom. The minimum atomic E-state index is -0.345. The molecule has 0 aliphatic rings. The van der Waals surface area contributed by atoms with Crippen LogP contribution in [0.3, 0.4) is 0 Å². The van der Waals surface area contributed by atoms with Crippen LogP contribution in [0.2, 0.25) is 0 Å². The molecule has 0 aliphatic heterocycles. The molecule has 0 bridgehead atoms. The van der Waals surface area contributed by atoms with Gasteiger partial charge in [-0.3, -0.25) is 9.59 Å². The first-order valence-electron chi connectivity index (χ1n) is 6.74. The van der Waals surface area contributed by atoms with E-state index in [2.05, 4.69) is 15.4 Å². The standard InChI is InChI=1S/C15H14N4O2S/c1-9-17-13-14(22-9)12(10-6-4-3-5-7-10)18-19(15(13)21)8-11(20)16-2/h3-7H,8H2,1-2H3,(H,16,20). The highest BCUT2D eigenvalue weighted by atomic mass is 32.1. The number of hydrogen-bond donors (Lipinski definition) is 1. The summed E-state index contributed by atoms with van der Waals surface area (Å²) in [6.45, 7) is 1.73. The highest BCUT2D eigenvalue weighted by molar-refractivity contribution is 7.19. The van der Waals surface area contributed by atoms with Gasteiger partial charge in [0.05, 0.1) is 9.71 Å². The molecule has 2 heterocycles. The Morgan fingerprint density at radius 1 is 1.32 bits per heavy atom. The summed E-state index contributed by atoms with van der Waals surface area (Å²) in [7, 11) is 1.52. The van der Waals surface area contributed by atoms with Crippen molar-refractivity contribution in [1.29, 1.82) is 0 Å². The van der Waals surface area contributed by atoms with E-state index >= 15 is 0 Å². The van der Waals surface area contributed by atoms with Crippen molar-refractivity contribution in [2.45, 2.75) is 13.5 Å². The number of thiazole rings is 1. The molecule has 6 nitrogen and oxygen atoms in total. The summed E-state index contributed by atoms with van der Waals surface area (Å²) < 4.78 is 1.92. The average Bonchev–Trinajstić information content (AvgIpc) is 2.92. The number of rotatable bonds is 3. The van der Waals surface area contributed by atoms with E-state index in [-0.39, 0.29) is 18.0 Å². The Bertz CT molecular complexity index is 899. The van der Waals surface area contributed by atoms with Crippen LogP contribution in [0, 0.1) is 6.92 Å². The predicted octanol–water partition coefficient (Wildman–Crippen LogP) is 1.57. The van der Waals surface area contributed by atoms with Crippen molar-refractivity contribution < 1.29 is 4.79 Å². The van der Waals surface area contributed by atoms with Crippen molar-refractivity contribution >= 4 is 27.5 Å². The number of nitrogens with one attached hydrogen (secondary N) is 1. The van der Waals surface area contributed by atoms with Gasteiger partial charge in [-0.25, -0.2) is 9.67 Å². The van der Waals surface area contributed by atoms with Crippen molar-refractivity contribution in [3.63, 3.8) is 0 Å². The molecular formula is C15H14N4O2S. The van der Waals surface area contributed by atoms with Gasteiger partial charge in [0, 0.05) is 12.6 Å². The Labute approximate surface area is 130 Å². The highest BCUT2D eigenvalue weighted by Gasteiger charge is 2.17. The predicted molar refractivity (Wildman–Crippen MR) is 85.9 cm³/mol. The van der Waals surface area contributed by atoms with Crippen LogP contribution in [0.25, 0.3) is 21.5 Å². The maximum absolute atomic E-state index is 12.4. The summed E-state index contributed by atoms with van der Waals surface area (Å²) in [5, 5.41) is 7.68. The molecule has 1 amide bonds. The summed E-state index contributed by atoms with van der Waals surface area (Å²) in [4.78, 5) is 28.3. The monoisotopic (exact) mass is 314 g/mol. The van der Waals surface area contributed by atoms with E-state index in [1.54, 1.807) is 0 Å². The van der Waals surface area contributed by atoms with E-state index in [1.807, 2.05) is 37.3 Å². The molecule has 7 heteroatoms. The maximum Gasteiger partial charge on any atom is 0.294 e. The SMILES string of the molecule is CNC(=O)Cn1nc(-c2ccccc2)c2sc(C)nc2c1=O. The van der Waals surface area contributed by atoms with Crippen molar-refractivity contribution in [1.82, 2.24) is 20.1 Å². The number of carbonyl (C=O) groups excluding carboxylic acids is 1. The lowest BCUT2D eigenvalue weighted by atomic mass is 10.1. The van der Waals surface area contributed by atoms with Gasteiger partial charge >= 0.3 is 0 Å². The van der Waals surface area contributed by atoms with Crippen LogP contribution in [0.15, 0.2) is 35.1 Å². The zero-order valence-electron chi connectivity index (χ0n) is 12.2. The number of aryl methyl sites for hydroxylation is 1. The smallest absolute Gasteiger partial charge is 0.294 e. The van der Waals surface area contributed by atoms with Gasteiger partial charge < -0.3 is 5.32 Å². The second-order valence-corrected chi connectivity index (χ2v) is 5.96. The Kier molecular flexibility index (Phi) is 3.72. The molecule has 22 heavy (non-hydrogen) atoms. The molecule has 2 aromatic heterocycles. The molecule has 0 unspecified atom stereocenters. The molecule has 0 fully saturated rings. The van der Waals surface area contributed by atoms with E-state index in [0.717, 1.165) is 15.3 Å². The molecule has 3 rings (SSSR count). The fourth-order valence-electron chi connectivity index (χ4n) is 2.17. The van der Waals surface area contributed by atoms with Gasteiger partial charge in [0.15, 0.2) is 5.52 Å². The van der Waals surface area contributed by atoms with Crippen molar-refractivity contribution in [3.8, 4) is 11.3 Å². The van der Waals surface area contributed by atoms with Crippen LogP contribution >= 0.6 is 11.3 Å². The van der Waals surface area contributed by atoms with Gasteiger partial charge in [0.25, 0.3) is 5.56 Å². The molecule has 3 aromatic rings. The van der Waals surface area contributed by atoms with E-state index in [0.29, 0.717) is 11.2 Å². The Hall–Kier alpha value is -2.54. The van der Waals surface area contributed by atoms with E-state index < -0.39 is 0 Å². The van der Waals surface area contributed by atoms with Gasteiger partial charge in [0.2, 0.25) is 5.91 Å². The second-order valence-electron chi connectivity index (χ2n) is 4.76. The van der Waals surface area contributed by atoms with Gasteiger partial charge in [-0.05, 0) is 6.92 Å². The number of nitrogens with zero attached hydrogens (tertiary/aromatic N) is 3. The van der Waals surface area contributed by atoms with Crippen LogP contribution in [0.5, 0.6) is 0 Å². The summed E-state index contributed by atoms with van der Waals surface area (Å²) >= 11 is 1.43. The topological polar surface area (TPSA) is 76.9 Å². The normalized spacial score (nSPS) is 10.8. The number of hydrogen-bond acceptors (Lipinski definition) is 5. The number of aromatic nitrogens is 3. The summed E-state index contributed by atoms with van der Waals surface area (Å²) in [5.74, 6) is -0.278. The van der Waals surface area contributed by atoms with Crippen molar-refractivity contribution in [2.75, 3.05) is 7.05 Å². The molecule has 0 spiro atoms. The second kappa shape index (κ2) is 5.69. The number of fused-ring (bicyclic) bond motifs is 1. The third-order valence-corrected chi connectivity index (χ3v) is 4.20. The number of carbonyl (C=O) groups is 1. The number of likely N-dealkylation sites (N-methyl/N-ethyl adjacent to an activating group) is 1. The number of benzene rings is 1. The maximum atomic E-state index is 12.4. The van der Waals surface area contributed by atoms with Gasteiger partial charge in [0.1, 0.15) is 12.2 Å². The minimum absolute atomic E-state index is 0.123. The molecular weight excluding hydrogens is 300 g/mol. The lowest BCUT2D eigenvalue weighted by molar-refractivity contribution is -0.121. The number of amides is 1. The zero-order chi connectivity index (χ0) is 15.7. The highest BCUT2D eigenvalue weighted by Crippen LogP contribution is 2.29. The summed E-state index contributed by atoms with van der Waals surface area (Å²) in [6.07, 6.45) is 0. The molecule has 0 saturated carbocycles. The van der Waals surface area contributed by atoms with E-state index in [4.69, 9.17) is 0 Å². The third kappa shape index (κ3) is 2.50. The van der Waals surface area contributed by atoms with Gasteiger partial charge in [-0.1, -0.05) is 30.3 Å². The van der Waals surface area contributed by atoms with Crippen LogP contribution in [-0.2, 0) is 11.3 Å². The molecule has 1 aromatic carbocycles. The first-order chi connectivity index (χ1) is 10.6. The van der Waals surface area contributed by atoms with Gasteiger partial charge in [-0.15, -0.1) is 11.3 Å². The molecule has 0 saturated heterocycles. The Balaban J connectivity index is 2.28. The van der Waals surface area contributed by atoms with Gasteiger partial charge in [-0.2, -0.15) is 5.10 Å². The van der Waals surface area contributed by atoms with E-state index in [1.165, 1.54) is 23.1 Å². The molecule has 0 aliphatic carbocycles. The minimum Gasteiger partial charge on any atom is -0.358 e. The fourth-order valence-corrected chi connectivity index (χ4v) is 3.09. The largest absolute Gasteiger partial charge is 0.358 e. The van der Waals surface area contributed by atoms with Crippen LogP contribution in [0.1, 0.15) is 5.01 Å².